The molecule has 146 valence electrons. The molecule has 1 saturated carbocycles. The molecule has 3 fully saturated rings. The highest BCUT2D eigenvalue weighted by molar-refractivity contribution is 8.00. The number of likely N-dealkylation sites (tertiary alicyclic amines) is 1. The normalized spacial score (nSPS) is 30.6. The Morgan fingerprint density at radius 3 is 2.21 bits per heavy atom. The van der Waals surface area contributed by atoms with Crippen LogP contribution >= 0.6 is 11.8 Å². The molecule has 5 rings (SSSR count). The fraction of sp³-hybridized carbons (Fsp3) is 0.458. The minimum Gasteiger partial charge on any atom is -0.322 e. The van der Waals surface area contributed by atoms with Crippen LogP contribution in [0, 0.1) is 11.8 Å². The van der Waals surface area contributed by atoms with Crippen LogP contribution in [0.1, 0.15) is 35.8 Å². The smallest absolute Gasteiger partial charge is 0.234 e. The summed E-state index contributed by atoms with van der Waals surface area (Å²) in [6, 6.07) is 21.8. The van der Waals surface area contributed by atoms with Crippen molar-refractivity contribution in [3.8, 4) is 0 Å². The van der Waals surface area contributed by atoms with Crippen molar-refractivity contribution in [2.75, 3.05) is 18.8 Å². The lowest BCUT2D eigenvalue weighted by atomic mass is 9.72. The van der Waals surface area contributed by atoms with Crippen LogP contribution in [0.3, 0.4) is 0 Å². The van der Waals surface area contributed by atoms with Crippen molar-refractivity contribution in [1.29, 1.82) is 0 Å². The number of benzene rings is 2. The van der Waals surface area contributed by atoms with Gasteiger partial charge in [-0.15, -0.1) is 11.8 Å². The van der Waals surface area contributed by atoms with E-state index in [2.05, 4.69) is 70.5 Å². The molecule has 0 radical (unpaired) electrons. The van der Waals surface area contributed by atoms with Gasteiger partial charge in [0.25, 0.3) is 0 Å². The molecular weight excluding hydrogens is 364 g/mol. The molecule has 3 aliphatic rings. The van der Waals surface area contributed by atoms with E-state index in [4.69, 9.17) is 0 Å². The van der Waals surface area contributed by atoms with Crippen molar-refractivity contribution in [1.82, 2.24) is 9.80 Å². The fourth-order valence-corrected chi connectivity index (χ4v) is 6.78. The topological polar surface area (TPSA) is 23.6 Å². The van der Waals surface area contributed by atoms with Gasteiger partial charge in [0, 0.05) is 25.7 Å². The van der Waals surface area contributed by atoms with Crippen molar-refractivity contribution in [2.24, 2.45) is 11.8 Å². The average Bonchev–Trinajstić information content (AvgIpc) is 3.10. The van der Waals surface area contributed by atoms with Gasteiger partial charge >= 0.3 is 0 Å². The molecule has 2 aromatic rings. The third kappa shape index (κ3) is 3.48. The SMILES string of the molecule is O=C1CSC(c2ccccc2)N1C1C2CCCC1CN(Cc1ccccc1)C2. The number of piperidine rings is 1. The van der Waals surface area contributed by atoms with Gasteiger partial charge in [-0.2, -0.15) is 0 Å². The Morgan fingerprint density at radius 1 is 0.893 bits per heavy atom. The third-order valence-corrected chi connectivity index (χ3v) is 7.89. The predicted octanol–water partition coefficient (Wildman–Crippen LogP) is 4.56. The van der Waals surface area contributed by atoms with Gasteiger partial charge in [-0.25, -0.2) is 0 Å². The van der Waals surface area contributed by atoms with Crippen molar-refractivity contribution in [3.05, 3.63) is 71.8 Å². The highest BCUT2D eigenvalue weighted by atomic mass is 32.2. The van der Waals surface area contributed by atoms with Gasteiger partial charge in [-0.3, -0.25) is 9.69 Å². The van der Waals surface area contributed by atoms with Crippen molar-refractivity contribution < 1.29 is 4.79 Å². The van der Waals surface area contributed by atoms with E-state index < -0.39 is 0 Å². The molecule has 3 nitrogen and oxygen atoms in total. The number of carbonyl (C=O) groups excluding carboxylic acids is 1. The van der Waals surface area contributed by atoms with E-state index in [1.165, 1.54) is 30.4 Å². The summed E-state index contributed by atoms with van der Waals surface area (Å²) in [6.07, 6.45) is 3.82. The van der Waals surface area contributed by atoms with Gasteiger partial charge in [-0.1, -0.05) is 67.1 Å². The van der Waals surface area contributed by atoms with Crippen molar-refractivity contribution >= 4 is 17.7 Å². The molecule has 1 aliphatic carbocycles. The summed E-state index contributed by atoms with van der Waals surface area (Å²) >= 11 is 1.81. The minimum atomic E-state index is 0.197. The van der Waals surface area contributed by atoms with Crippen LogP contribution in [-0.4, -0.2) is 40.6 Å². The maximum absolute atomic E-state index is 13.0. The van der Waals surface area contributed by atoms with Crippen molar-refractivity contribution in [3.63, 3.8) is 0 Å². The molecule has 3 atom stereocenters. The second-order valence-corrected chi connectivity index (χ2v) is 9.56. The molecule has 4 heteroatoms. The van der Waals surface area contributed by atoms with Gasteiger partial charge in [0.1, 0.15) is 5.37 Å². The number of hydrogen-bond acceptors (Lipinski definition) is 3. The van der Waals surface area contributed by atoms with Crippen LogP contribution in [-0.2, 0) is 11.3 Å². The van der Waals surface area contributed by atoms with E-state index in [1.54, 1.807) is 0 Å². The Balaban J connectivity index is 1.37. The summed E-state index contributed by atoms with van der Waals surface area (Å²) < 4.78 is 0. The highest BCUT2D eigenvalue weighted by Crippen LogP contribution is 2.47. The molecule has 2 bridgehead atoms. The molecular formula is C24H28N2OS. The Morgan fingerprint density at radius 2 is 1.54 bits per heavy atom. The summed E-state index contributed by atoms with van der Waals surface area (Å²) in [5, 5.41) is 0.197. The lowest BCUT2D eigenvalue weighted by Crippen LogP contribution is -2.58. The van der Waals surface area contributed by atoms with E-state index in [1.807, 2.05) is 11.8 Å². The lowest BCUT2D eigenvalue weighted by Gasteiger charge is -2.51. The van der Waals surface area contributed by atoms with E-state index in [0.717, 1.165) is 19.6 Å². The first-order chi connectivity index (χ1) is 13.8. The standard InChI is InChI=1S/C24H28N2OS/c27-22-17-28-24(19-10-5-2-6-11-19)26(22)23-20-12-7-13-21(23)16-25(15-20)14-18-8-3-1-4-9-18/h1-6,8-11,20-21,23-24H,7,12-17H2. The first-order valence-electron chi connectivity index (χ1n) is 10.5. The van der Waals surface area contributed by atoms with Gasteiger partial charge < -0.3 is 4.90 Å². The Bertz CT molecular complexity index is 798. The van der Waals surface area contributed by atoms with E-state index in [9.17, 15) is 4.79 Å². The summed E-state index contributed by atoms with van der Waals surface area (Å²) in [5.41, 5.74) is 2.68. The maximum Gasteiger partial charge on any atom is 0.234 e. The number of rotatable bonds is 4. The molecule has 0 N–H and O–H groups in total. The summed E-state index contributed by atoms with van der Waals surface area (Å²) in [5.74, 6) is 2.18. The largest absolute Gasteiger partial charge is 0.322 e. The van der Waals surface area contributed by atoms with E-state index in [-0.39, 0.29) is 5.37 Å². The number of thioether (sulfide) groups is 1. The molecule has 28 heavy (non-hydrogen) atoms. The average molecular weight is 393 g/mol. The zero-order valence-corrected chi connectivity index (χ0v) is 17.1. The zero-order chi connectivity index (χ0) is 18.9. The first kappa shape index (κ1) is 18.3. The van der Waals surface area contributed by atoms with Crippen molar-refractivity contribution in [2.45, 2.75) is 37.2 Å². The molecule has 0 spiro atoms. The fourth-order valence-electron chi connectivity index (χ4n) is 5.56. The van der Waals surface area contributed by atoms with Gasteiger partial charge in [-0.05, 0) is 35.8 Å². The van der Waals surface area contributed by atoms with E-state index in [0.29, 0.717) is 29.5 Å². The number of carbonyl (C=O) groups is 1. The van der Waals surface area contributed by atoms with Crippen LogP contribution in [0.2, 0.25) is 0 Å². The van der Waals surface area contributed by atoms with Gasteiger partial charge in [0.2, 0.25) is 5.91 Å². The van der Waals surface area contributed by atoms with Gasteiger partial charge in [0.05, 0.1) is 5.75 Å². The first-order valence-corrected chi connectivity index (χ1v) is 11.6. The van der Waals surface area contributed by atoms with Crippen LogP contribution in [0.4, 0.5) is 0 Å². The number of amides is 1. The Labute approximate surface area is 172 Å². The predicted molar refractivity (Wildman–Crippen MR) is 115 cm³/mol. The number of fused-ring (bicyclic) bond motifs is 2. The molecule has 2 aromatic carbocycles. The summed E-state index contributed by atoms with van der Waals surface area (Å²) in [6.45, 7) is 3.27. The zero-order valence-electron chi connectivity index (χ0n) is 16.2. The number of hydrogen-bond donors (Lipinski definition) is 0. The quantitative estimate of drug-likeness (QED) is 0.762. The second kappa shape index (κ2) is 7.92. The number of nitrogens with zero attached hydrogens (tertiary/aromatic N) is 2. The summed E-state index contributed by atoms with van der Waals surface area (Å²) in [4.78, 5) is 17.9. The van der Waals surface area contributed by atoms with Crippen LogP contribution in [0.15, 0.2) is 60.7 Å². The monoisotopic (exact) mass is 392 g/mol. The molecule has 2 saturated heterocycles. The van der Waals surface area contributed by atoms with E-state index >= 15 is 0 Å². The van der Waals surface area contributed by atoms with Crippen LogP contribution < -0.4 is 0 Å². The van der Waals surface area contributed by atoms with Crippen LogP contribution in [0.5, 0.6) is 0 Å². The Hall–Kier alpha value is -1.78. The maximum atomic E-state index is 13.0. The highest BCUT2D eigenvalue weighted by Gasteiger charge is 2.48. The summed E-state index contributed by atoms with van der Waals surface area (Å²) in [7, 11) is 0. The third-order valence-electron chi connectivity index (χ3n) is 6.66. The second-order valence-electron chi connectivity index (χ2n) is 8.50. The lowest BCUT2D eigenvalue weighted by molar-refractivity contribution is -0.137. The molecule has 2 heterocycles. The van der Waals surface area contributed by atoms with Crippen LogP contribution in [0.25, 0.3) is 0 Å². The molecule has 1 amide bonds. The van der Waals surface area contributed by atoms with Gasteiger partial charge in [0.15, 0.2) is 0 Å². The molecule has 2 aliphatic heterocycles. The molecule has 0 aromatic heterocycles. The molecule has 3 unspecified atom stereocenters. The minimum absolute atomic E-state index is 0.197. The Kier molecular flexibility index (Phi) is 5.17.